The van der Waals surface area contributed by atoms with Crippen LogP contribution in [0.25, 0.3) is 10.4 Å². The minimum Gasteiger partial charge on any atom is -0.441 e. The second-order valence-corrected chi connectivity index (χ2v) is 5.58. The van der Waals surface area contributed by atoms with Crippen LogP contribution in [0.1, 0.15) is 25.7 Å². The molecule has 8 heteroatoms. The van der Waals surface area contributed by atoms with E-state index in [-0.39, 0.29) is 6.09 Å². The molecule has 0 N–H and O–H groups in total. The van der Waals surface area contributed by atoms with Crippen molar-refractivity contribution in [1.29, 1.82) is 0 Å². The van der Waals surface area contributed by atoms with Gasteiger partial charge in [-0.15, -0.1) is 5.10 Å². The van der Waals surface area contributed by atoms with Crippen LogP contribution in [0.15, 0.2) is 23.4 Å². The van der Waals surface area contributed by atoms with E-state index in [1.165, 1.54) is 0 Å². The second-order valence-electron chi connectivity index (χ2n) is 5.58. The van der Waals surface area contributed by atoms with Crippen LogP contribution in [0, 0.1) is 5.92 Å². The van der Waals surface area contributed by atoms with Crippen molar-refractivity contribution in [3.8, 4) is 0 Å². The molecule has 8 nitrogen and oxygen atoms in total. The van der Waals surface area contributed by atoms with Gasteiger partial charge in [0.2, 0.25) is 0 Å². The molecule has 2 aliphatic rings. The monoisotopic (exact) mass is 288 g/mol. The molecule has 1 aromatic rings. The van der Waals surface area contributed by atoms with Crippen LogP contribution in [0.2, 0.25) is 0 Å². The molecule has 0 unspecified atom stereocenters. The summed E-state index contributed by atoms with van der Waals surface area (Å²) in [6.07, 6.45) is 4.61. The third kappa shape index (κ3) is 2.75. The lowest BCUT2D eigenvalue weighted by atomic mass is 9.79. The number of aromatic nitrogens is 2. The fraction of sp³-hybridized carbons (Fsp3) is 0.615. The number of azide groups is 1. The molecule has 1 spiro atoms. The summed E-state index contributed by atoms with van der Waals surface area (Å²) in [7, 11) is 0. The van der Waals surface area contributed by atoms with Crippen LogP contribution in [0.4, 0.5) is 10.6 Å². The predicted molar refractivity (Wildman–Crippen MR) is 74.6 cm³/mol. The summed E-state index contributed by atoms with van der Waals surface area (Å²) in [6.45, 7) is 1.03. The Hall–Kier alpha value is -2.34. The summed E-state index contributed by atoms with van der Waals surface area (Å²) < 4.78 is 5.63. The number of carbonyl (C=O) groups excluding carboxylic acids is 1. The summed E-state index contributed by atoms with van der Waals surface area (Å²) in [6, 6.07) is 3.50. The quantitative estimate of drug-likeness (QED) is 0.484. The van der Waals surface area contributed by atoms with Crippen LogP contribution in [0.3, 0.4) is 0 Å². The maximum absolute atomic E-state index is 12.1. The van der Waals surface area contributed by atoms with Gasteiger partial charge in [0.15, 0.2) is 5.82 Å². The van der Waals surface area contributed by atoms with E-state index in [0.717, 1.165) is 25.7 Å². The van der Waals surface area contributed by atoms with Gasteiger partial charge in [-0.25, -0.2) is 4.79 Å². The number of nitrogens with zero attached hydrogens (tertiary/aromatic N) is 6. The standard InChI is InChI=1S/C13H16N6O2/c14-18-16-8-10-3-5-13(6-4-10)9-19(12(20)21-13)11-2-1-7-15-17-11/h1-2,7,10H,3-6,8-9H2. The van der Waals surface area contributed by atoms with Crippen molar-refractivity contribution in [2.45, 2.75) is 31.3 Å². The summed E-state index contributed by atoms with van der Waals surface area (Å²) in [5.41, 5.74) is 7.94. The van der Waals surface area contributed by atoms with E-state index < -0.39 is 5.60 Å². The van der Waals surface area contributed by atoms with Gasteiger partial charge in [0.25, 0.3) is 0 Å². The van der Waals surface area contributed by atoms with Gasteiger partial charge in [-0.3, -0.25) is 4.90 Å². The smallest absolute Gasteiger partial charge is 0.416 e. The molecule has 1 amide bonds. The fourth-order valence-corrected chi connectivity index (χ4v) is 3.04. The van der Waals surface area contributed by atoms with Gasteiger partial charge in [-0.2, -0.15) is 5.10 Å². The van der Waals surface area contributed by atoms with Crippen molar-refractivity contribution in [3.05, 3.63) is 28.8 Å². The number of hydrogen-bond acceptors (Lipinski definition) is 5. The van der Waals surface area contributed by atoms with Crippen LogP contribution in [-0.2, 0) is 4.74 Å². The molecular weight excluding hydrogens is 272 g/mol. The Kier molecular flexibility index (Phi) is 3.62. The molecule has 1 aliphatic carbocycles. The molecule has 2 heterocycles. The number of rotatable bonds is 3. The largest absolute Gasteiger partial charge is 0.441 e. The average Bonchev–Trinajstić information content (AvgIpc) is 2.84. The van der Waals surface area contributed by atoms with E-state index in [0.29, 0.717) is 24.8 Å². The van der Waals surface area contributed by atoms with E-state index in [2.05, 4.69) is 20.2 Å². The number of anilines is 1. The molecule has 110 valence electrons. The van der Waals surface area contributed by atoms with E-state index >= 15 is 0 Å². The van der Waals surface area contributed by atoms with Gasteiger partial charge < -0.3 is 4.74 Å². The molecule has 1 saturated heterocycles. The highest BCUT2D eigenvalue weighted by Crippen LogP contribution is 2.40. The molecule has 0 radical (unpaired) electrons. The first-order valence-electron chi connectivity index (χ1n) is 7.01. The van der Waals surface area contributed by atoms with Crippen molar-refractivity contribution in [3.63, 3.8) is 0 Å². The predicted octanol–water partition coefficient (Wildman–Crippen LogP) is 2.67. The van der Waals surface area contributed by atoms with Crippen LogP contribution in [0.5, 0.6) is 0 Å². The molecule has 0 atom stereocenters. The number of carbonyl (C=O) groups is 1. The van der Waals surface area contributed by atoms with Gasteiger partial charge in [0.05, 0.1) is 6.54 Å². The zero-order chi connectivity index (χ0) is 14.7. The Morgan fingerprint density at radius 1 is 1.52 bits per heavy atom. The molecule has 2 fully saturated rings. The Bertz CT molecular complexity index is 563. The Balaban J connectivity index is 1.66. The van der Waals surface area contributed by atoms with Crippen molar-refractivity contribution >= 4 is 11.9 Å². The third-order valence-electron chi connectivity index (χ3n) is 4.22. The molecule has 3 rings (SSSR count). The summed E-state index contributed by atoms with van der Waals surface area (Å²) in [5.74, 6) is 0.909. The normalized spacial score (nSPS) is 28.3. The Labute approximate surface area is 121 Å². The zero-order valence-corrected chi connectivity index (χ0v) is 11.6. The van der Waals surface area contributed by atoms with Crippen molar-refractivity contribution < 1.29 is 9.53 Å². The van der Waals surface area contributed by atoms with E-state index in [4.69, 9.17) is 10.3 Å². The first-order valence-corrected chi connectivity index (χ1v) is 7.01. The van der Waals surface area contributed by atoms with Gasteiger partial charge in [0.1, 0.15) is 5.60 Å². The Morgan fingerprint density at radius 3 is 3.00 bits per heavy atom. The summed E-state index contributed by atoms with van der Waals surface area (Å²) >= 11 is 0. The average molecular weight is 288 g/mol. The second kappa shape index (κ2) is 5.57. The molecule has 0 bridgehead atoms. The van der Waals surface area contributed by atoms with E-state index in [1.807, 2.05) is 0 Å². The molecule has 0 aromatic carbocycles. The highest BCUT2D eigenvalue weighted by atomic mass is 16.6. The fourth-order valence-electron chi connectivity index (χ4n) is 3.04. The summed E-state index contributed by atoms with van der Waals surface area (Å²) in [5, 5.41) is 11.4. The van der Waals surface area contributed by atoms with Crippen LogP contribution >= 0.6 is 0 Å². The van der Waals surface area contributed by atoms with Crippen LogP contribution in [-0.4, -0.2) is 35.0 Å². The maximum Gasteiger partial charge on any atom is 0.416 e. The molecule has 1 aromatic heterocycles. The zero-order valence-electron chi connectivity index (χ0n) is 11.6. The minimum atomic E-state index is -0.429. The number of hydrogen-bond donors (Lipinski definition) is 0. The lowest BCUT2D eigenvalue weighted by Crippen LogP contribution is -2.39. The van der Waals surface area contributed by atoms with Crippen molar-refractivity contribution in [2.24, 2.45) is 11.0 Å². The van der Waals surface area contributed by atoms with Gasteiger partial charge >= 0.3 is 6.09 Å². The maximum atomic E-state index is 12.1. The molecular formula is C13H16N6O2. The first-order chi connectivity index (χ1) is 10.2. The lowest BCUT2D eigenvalue weighted by molar-refractivity contribution is 0.0144. The minimum absolute atomic E-state index is 0.357. The Morgan fingerprint density at radius 2 is 2.33 bits per heavy atom. The SMILES string of the molecule is [N-]=[N+]=NCC1CCC2(CC1)CN(c1cccnn1)C(=O)O2. The molecule has 1 saturated carbocycles. The van der Waals surface area contributed by atoms with E-state index in [9.17, 15) is 4.79 Å². The molecule has 21 heavy (non-hydrogen) atoms. The van der Waals surface area contributed by atoms with Crippen molar-refractivity contribution in [2.75, 3.05) is 18.0 Å². The van der Waals surface area contributed by atoms with Crippen LogP contribution < -0.4 is 4.90 Å². The lowest BCUT2D eigenvalue weighted by Gasteiger charge is -2.34. The summed E-state index contributed by atoms with van der Waals surface area (Å²) in [4.78, 5) is 16.4. The molecule has 1 aliphatic heterocycles. The van der Waals surface area contributed by atoms with Gasteiger partial charge in [-0.1, -0.05) is 5.11 Å². The topological polar surface area (TPSA) is 104 Å². The first kappa shape index (κ1) is 13.6. The highest BCUT2D eigenvalue weighted by Gasteiger charge is 2.47. The highest BCUT2D eigenvalue weighted by molar-refractivity contribution is 5.89. The van der Waals surface area contributed by atoms with Gasteiger partial charge in [-0.05, 0) is 49.3 Å². The van der Waals surface area contributed by atoms with Crippen molar-refractivity contribution in [1.82, 2.24) is 10.2 Å². The number of ether oxygens (including phenoxy) is 1. The third-order valence-corrected chi connectivity index (χ3v) is 4.22. The van der Waals surface area contributed by atoms with E-state index in [1.54, 1.807) is 23.2 Å². The number of amides is 1. The van der Waals surface area contributed by atoms with Gasteiger partial charge in [0, 0.05) is 17.7 Å².